The summed E-state index contributed by atoms with van der Waals surface area (Å²) in [7, 11) is 0. The number of ketones is 1. The van der Waals surface area contributed by atoms with Crippen molar-refractivity contribution < 1.29 is 9.53 Å². The van der Waals surface area contributed by atoms with Crippen LogP contribution in [0, 0.1) is 0 Å². The maximum Gasteiger partial charge on any atom is 0.168 e. The molecule has 1 fully saturated rings. The van der Waals surface area contributed by atoms with E-state index in [1.807, 2.05) is 11.4 Å². The van der Waals surface area contributed by atoms with Gasteiger partial charge in [-0.15, -0.1) is 11.3 Å². The molecule has 2 heterocycles. The van der Waals surface area contributed by atoms with E-state index in [1.165, 1.54) is 0 Å². The molecule has 0 aromatic carbocycles. The van der Waals surface area contributed by atoms with Crippen molar-refractivity contribution in [1.29, 1.82) is 0 Å². The highest BCUT2D eigenvalue weighted by molar-refractivity contribution is 9.10. The van der Waals surface area contributed by atoms with Gasteiger partial charge in [-0.05, 0) is 27.4 Å². The Morgan fingerprint density at radius 3 is 3.20 bits per heavy atom. The van der Waals surface area contributed by atoms with Gasteiger partial charge in [0.25, 0.3) is 0 Å². The number of nitrogens with one attached hydrogen (secondary N) is 1. The quantitative estimate of drug-likeness (QED) is 0.919. The molecule has 1 aliphatic heterocycles. The predicted octanol–water partition coefficient (Wildman–Crippen LogP) is 1.61. The molecule has 1 unspecified atom stereocenters. The molecule has 15 heavy (non-hydrogen) atoms. The highest BCUT2D eigenvalue weighted by atomic mass is 79.9. The zero-order valence-electron chi connectivity index (χ0n) is 8.16. The first-order valence-corrected chi connectivity index (χ1v) is 6.51. The lowest BCUT2D eigenvalue weighted by molar-refractivity contribution is -0.131. The van der Waals surface area contributed by atoms with Crippen LogP contribution in [0.25, 0.3) is 0 Å². The lowest BCUT2D eigenvalue weighted by Gasteiger charge is -2.22. The third-order valence-corrected chi connectivity index (χ3v) is 4.24. The van der Waals surface area contributed by atoms with Gasteiger partial charge in [-0.1, -0.05) is 0 Å². The Bertz CT molecular complexity index is 347. The summed E-state index contributed by atoms with van der Waals surface area (Å²) in [6.07, 6.45) is 0.192. The molecule has 1 atom stereocenters. The fraction of sp³-hybridized carbons (Fsp3) is 0.500. The second-order valence-corrected chi connectivity index (χ2v) is 5.25. The van der Waals surface area contributed by atoms with Crippen molar-refractivity contribution in [2.45, 2.75) is 12.5 Å². The highest BCUT2D eigenvalue weighted by Crippen LogP contribution is 2.23. The second-order valence-electron chi connectivity index (χ2n) is 3.40. The van der Waals surface area contributed by atoms with Gasteiger partial charge < -0.3 is 10.1 Å². The minimum Gasteiger partial charge on any atom is -0.368 e. The topological polar surface area (TPSA) is 38.3 Å². The Labute approximate surface area is 101 Å². The van der Waals surface area contributed by atoms with Crippen LogP contribution in [0.3, 0.4) is 0 Å². The number of thiophene rings is 1. The molecule has 1 aliphatic rings. The molecule has 82 valence electrons. The fourth-order valence-electron chi connectivity index (χ4n) is 1.50. The van der Waals surface area contributed by atoms with Crippen molar-refractivity contribution in [1.82, 2.24) is 5.32 Å². The van der Waals surface area contributed by atoms with Gasteiger partial charge in [-0.3, -0.25) is 4.79 Å². The van der Waals surface area contributed by atoms with Crippen LogP contribution in [0.15, 0.2) is 15.9 Å². The molecule has 0 bridgehead atoms. The van der Waals surface area contributed by atoms with Crippen molar-refractivity contribution in [2.24, 2.45) is 0 Å². The molecule has 2 rings (SSSR count). The highest BCUT2D eigenvalue weighted by Gasteiger charge is 2.22. The Hall–Kier alpha value is -0.230. The van der Waals surface area contributed by atoms with Crippen LogP contribution < -0.4 is 5.32 Å². The molecule has 1 saturated heterocycles. The van der Waals surface area contributed by atoms with E-state index in [0.717, 1.165) is 15.9 Å². The summed E-state index contributed by atoms with van der Waals surface area (Å²) in [5.41, 5.74) is 0. The predicted molar refractivity (Wildman–Crippen MR) is 63.3 cm³/mol. The van der Waals surface area contributed by atoms with E-state index in [1.54, 1.807) is 11.3 Å². The number of morpholine rings is 1. The van der Waals surface area contributed by atoms with Crippen molar-refractivity contribution in [2.75, 3.05) is 19.7 Å². The second kappa shape index (κ2) is 5.21. The molecule has 1 aromatic heterocycles. The molecule has 5 heteroatoms. The van der Waals surface area contributed by atoms with Crippen LogP contribution in [0.4, 0.5) is 0 Å². The molecule has 0 radical (unpaired) electrons. The molecule has 0 saturated carbocycles. The zero-order valence-corrected chi connectivity index (χ0v) is 10.6. The van der Waals surface area contributed by atoms with Gasteiger partial charge in [-0.25, -0.2) is 0 Å². The molecule has 1 N–H and O–H groups in total. The minimum atomic E-state index is -0.271. The molecule has 0 aliphatic carbocycles. The van der Waals surface area contributed by atoms with E-state index < -0.39 is 0 Å². The summed E-state index contributed by atoms with van der Waals surface area (Å²) >= 11 is 5.02. The maximum absolute atomic E-state index is 11.8. The molecule has 0 amide bonds. The smallest absolute Gasteiger partial charge is 0.168 e. The van der Waals surface area contributed by atoms with Crippen LogP contribution >= 0.6 is 27.3 Å². The van der Waals surface area contributed by atoms with Gasteiger partial charge >= 0.3 is 0 Å². The van der Waals surface area contributed by atoms with E-state index in [9.17, 15) is 4.79 Å². The van der Waals surface area contributed by atoms with Crippen molar-refractivity contribution in [3.63, 3.8) is 0 Å². The lowest BCUT2D eigenvalue weighted by atomic mass is 10.1. The van der Waals surface area contributed by atoms with Gasteiger partial charge in [-0.2, -0.15) is 0 Å². The third kappa shape index (κ3) is 2.87. The number of carbonyl (C=O) groups is 1. The average Bonchev–Trinajstić information content (AvgIpc) is 2.66. The lowest BCUT2D eigenvalue weighted by Crippen LogP contribution is -2.43. The van der Waals surface area contributed by atoms with Crippen molar-refractivity contribution in [3.05, 3.63) is 20.8 Å². The van der Waals surface area contributed by atoms with Crippen molar-refractivity contribution in [3.8, 4) is 0 Å². The normalized spacial score (nSPS) is 21.5. The van der Waals surface area contributed by atoms with E-state index >= 15 is 0 Å². The van der Waals surface area contributed by atoms with Gasteiger partial charge in [0.05, 0.1) is 6.61 Å². The molecular weight excluding hydrogens is 278 g/mol. The Morgan fingerprint density at radius 1 is 1.73 bits per heavy atom. The molecular formula is C10H12BrNO2S. The van der Waals surface area contributed by atoms with E-state index in [2.05, 4.69) is 21.2 Å². The van der Waals surface area contributed by atoms with Crippen molar-refractivity contribution >= 4 is 33.0 Å². The number of hydrogen-bond donors (Lipinski definition) is 1. The van der Waals surface area contributed by atoms with E-state index in [-0.39, 0.29) is 11.9 Å². The first-order valence-electron chi connectivity index (χ1n) is 4.84. The first-order chi connectivity index (χ1) is 7.27. The summed E-state index contributed by atoms with van der Waals surface area (Å²) in [6, 6.07) is 1.97. The summed E-state index contributed by atoms with van der Waals surface area (Å²) in [5, 5.41) is 5.13. The number of carbonyl (C=O) groups excluding carboxylic acids is 1. The van der Waals surface area contributed by atoms with Crippen LogP contribution in [-0.4, -0.2) is 31.6 Å². The van der Waals surface area contributed by atoms with Crippen LogP contribution in [0.2, 0.25) is 0 Å². The first kappa shape index (κ1) is 11.3. The molecule has 3 nitrogen and oxygen atoms in total. The number of rotatable bonds is 3. The van der Waals surface area contributed by atoms with Gasteiger partial charge in [0.1, 0.15) is 6.10 Å². The molecule has 0 spiro atoms. The van der Waals surface area contributed by atoms with Gasteiger partial charge in [0.2, 0.25) is 0 Å². The number of Topliss-reactive ketones (excluding diaryl/α,β-unsaturated/α-hetero) is 1. The Morgan fingerprint density at radius 2 is 2.60 bits per heavy atom. The number of ether oxygens (including phenoxy) is 1. The number of hydrogen-bond acceptors (Lipinski definition) is 4. The minimum absolute atomic E-state index is 0.158. The average molecular weight is 290 g/mol. The monoisotopic (exact) mass is 289 g/mol. The maximum atomic E-state index is 11.8. The third-order valence-electron chi connectivity index (χ3n) is 2.31. The van der Waals surface area contributed by atoms with E-state index in [4.69, 9.17) is 4.74 Å². The van der Waals surface area contributed by atoms with Crippen LogP contribution in [0.1, 0.15) is 4.88 Å². The summed E-state index contributed by atoms with van der Waals surface area (Å²) < 4.78 is 6.42. The SMILES string of the molecule is O=C(Cc1sccc1Br)C1CNCCO1. The summed E-state index contributed by atoms with van der Waals surface area (Å²) in [5.74, 6) is 0.158. The standard InChI is InChI=1S/C10H12BrNO2S/c11-7-1-4-15-10(7)5-8(13)9-6-12-2-3-14-9/h1,4,9,12H,2-3,5-6H2. The van der Waals surface area contributed by atoms with Gasteiger partial charge in [0, 0.05) is 28.9 Å². The zero-order chi connectivity index (χ0) is 10.7. The fourth-order valence-corrected chi connectivity index (χ4v) is 3.00. The van der Waals surface area contributed by atoms with E-state index in [0.29, 0.717) is 19.6 Å². The Kier molecular flexibility index (Phi) is 3.91. The van der Waals surface area contributed by atoms with Crippen LogP contribution in [0.5, 0.6) is 0 Å². The number of halogens is 1. The largest absolute Gasteiger partial charge is 0.368 e. The van der Waals surface area contributed by atoms with Gasteiger partial charge in [0.15, 0.2) is 5.78 Å². The summed E-state index contributed by atoms with van der Waals surface area (Å²) in [4.78, 5) is 12.9. The van der Waals surface area contributed by atoms with Crippen LogP contribution in [-0.2, 0) is 16.0 Å². The summed E-state index contributed by atoms with van der Waals surface area (Å²) in [6.45, 7) is 2.11. The molecule has 1 aromatic rings. The Balaban J connectivity index is 1.94.